The molecule has 0 unspecified atom stereocenters. The van der Waals surface area contributed by atoms with Gasteiger partial charge >= 0.3 is 0 Å². The maximum absolute atomic E-state index is 11.0. The monoisotopic (exact) mass is 359 g/mol. The molecule has 0 bridgehead atoms. The quantitative estimate of drug-likeness (QED) is 0.485. The first-order valence-electron chi connectivity index (χ1n) is 10.1. The third-order valence-electron chi connectivity index (χ3n) is 5.30. The van der Waals surface area contributed by atoms with Crippen molar-refractivity contribution in [2.75, 3.05) is 20.1 Å². The Hall–Kier alpha value is -1.41. The van der Waals surface area contributed by atoms with Crippen molar-refractivity contribution in [3.05, 3.63) is 47.0 Å². The van der Waals surface area contributed by atoms with E-state index in [1.54, 1.807) is 0 Å². The number of benzene rings is 1. The van der Waals surface area contributed by atoms with E-state index >= 15 is 0 Å². The molecule has 0 radical (unpaired) electrons. The highest BCUT2D eigenvalue weighted by Gasteiger charge is 2.36. The molecule has 2 rings (SSSR count). The van der Waals surface area contributed by atoms with Crippen molar-refractivity contribution in [3.8, 4) is 0 Å². The minimum Gasteiger partial charge on any atom is -0.306 e. The van der Waals surface area contributed by atoms with Crippen LogP contribution in [0.1, 0.15) is 64.2 Å². The fourth-order valence-corrected chi connectivity index (χ4v) is 3.18. The minimum absolute atomic E-state index is 0.0213. The van der Waals surface area contributed by atoms with E-state index in [1.807, 2.05) is 13.8 Å². The maximum Gasteiger partial charge on any atom is 0.126 e. The molecule has 0 N–H and O–H groups in total. The van der Waals surface area contributed by atoms with Gasteiger partial charge in [-0.15, -0.1) is 0 Å². The summed E-state index contributed by atoms with van der Waals surface area (Å²) in [5, 5.41) is 0. The molecule has 1 fully saturated rings. The number of carbonyl (C=O) groups is 1. The van der Waals surface area contributed by atoms with Crippen molar-refractivity contribution < 1.29 is 4.79 Å². The average molecular weight is 360 g/mol. The Morgan fingerprint density at radius 3 is 2.19 bits per heavy atom. The molecule has 0 amide bonds. The van der Waals surface area contributed by atoms with Gasteiger partial charge in [0.25, 0.3) is 0 Å². The summed E-state index contributed by atoms with van der Waals surface area (Å²) in [5.74, 6) is 0.490. The molecule has 148 valence electrons. The van der Waals surface area contributed by atoms with Crippen molar-refractivity contribution in [3.63, 3.8) is 0 Å². The highest BCUT2D eigenvalue weighted by Crippen LogP contribution is 2.36. The summed E-state index contributed by atoms with van der Waals surface area (Å²) in [6.45, 7) is 20.7. The van der Waals surface area contributed by atoms with Gasteiger partial charge in [0.2, 0.25) is 0 Å². The molecule has 26 heavy (non-hydrogen) atoms. The summed E-state index contributed by atoms with van der Waals surface area (Å²) in [7, 11) is 2.12. The highest BCUT2D eigenvalue weighted by molar-refractivity contribution is 5.60. The molecule has 2 heteroatoms. The third-order valence-corrected chi connectivity index (χ3v) is 5.30. The molecule has 0 spiro atoms. The Bertz CT molecular complexity index is 551. The lowest BCUT2D eigenvalue weighted by atomic mass is 9.71. The standard InChI is InChI=1S/C12H16.C10H19NO.C2H6/c1-9(2)7-12-8-10(3)5-6-11(12)4;1-9(2)10(8-12)4-6-11(3)7-5-10;1-2/h5-6,8H,1,7H2,2-4H3;8-9H,4-7H2,1-3H3;1-2H3. The highest BCUT2D eigenvalue weighted by atomic mass is 16.1. The van der Waals surface area contributed by atoms with E-state index < -0.39 is 0 Å². The molecule has 0 atom stereocenters. The minimum atomic E-state index is -0.0213. The van der Waals surface area contributed by atoms with Gasteiger partial charge in [-0.2, -0.15) is 0 Å². The van der Waals surface area contributed by atoms with Gasteiger partial charge in [0, 0.05) is 5.41 Å². The first-order chi connectivity index (χ1) is 12.2. The summed E-state index contributed by atoms with van der Waals surface area (Å²) >= 11 is 0. The summed E-state index contributed by atoms with van der Waals surface area (Å²) in [6, 6.07) is 6.56. The zero-order valence-corrected chi connectivity index (χ0v) is 18.5. The predicted molar refractivity (Wildman–Crippen MR) is 116 cm³/mol. The van der Waals surface area contributed by atoms with Crippen molar-refractivity contribution in [2.24, 2.45) is 11.3 Å². The number of hydrogen-bond acceptors (Lipinski definition) is 2. The summed E-state index contributed by atoms with van der Waals surface area (Å²) in [6.07, 6.45) is 4.26. The van der Waals surface area contributed by atoms with Crippen LogP contribution in [-0.2, 0) is 11.2 Å². The van der Waals surface area contributed by atoms with Gasteiger partial charge in [0.1, 0.15) is 6.29 Å². The lowest BCUT2D eigenvalue weighted by Crippen LogP contribution is -2.42. The number of hydrogen-bond donors (Lipinski definition) is 0. The molecule has 0 saturated carbocycles. The van der Waals surface area contributed by atoms with Crippen molar-refractivity contribution in [1.82, 2.24) is 4.90 Å². The van der Waals surface area contributed by atoms with E-state index in [1.165, 1.54) is 28.5 Å². The van der Waals surface area contributed by atoms with Gasteiger partial charge in [0.15, 0.2) is 0 Å². The topological polar surface area (TPSA) is 20.3 Å². The van der Waals surface area contributed by atoms with Gasteiger partial charge in [0.05, 0.1) is 0 Å². The molecule has 1 aromatic carbocycles. The second-order valence-corrected chi connectivity index (χ2v) is 7.87. The molecule has 1 heterocycles. The van der Waals surface area contributed by atoms with Crippen LogP contribution < -0.4 is 0 Å². The van der Waals surface area contributed by atoms with Crippen molar-refractivity contribution in [1.29, 1.82) is 0 Å². The second-order valence-electron chi connectivity index (χ2n) is 7.87. The smallest absolute Gasteiger partial charge is 0.126 e. The van der Waals surface area contributed by atoms with Crippen LogP contribution in [0.2, 0.25) is 0 Å². The number of carbonyl (C=O) groups excluding carboxylic acids is 1. The van der Waals surface area contributed by atoms with E-state index in [9.17, 15) is 4.79 Å². The largest absolute Gasteiger partial charge is 0.306 e. The zero-order valence-electron chi connectivity index (χ0n) is 18.5. The summed E-state index contributed by atoms with van der Waals surface area (Å²) < 4.78 is 0. The van der Waals surface area contributed by atoms with Crippen LogP contribution in [-0.4, -0.2) is 31.3 Å². The average Bonchev–Trinajstić information content (AvgIpc) is 2.61. The Morgan fingerprint density at radius 1 is 1.23 bits per heavy atom. The number of allylic oxidation sites excluding steroid dienone is 1. The maximum atomic E-state index is 11.0. The molecule has 1 aliphatic rings. The second kappa shape index (κ2) is 12.1. The molecule has 2 nitrogen and oxygen atoms in total. The van der Waals surface area contributed by atoms with Crippen LogP contribution in [0.5, 0.6) is 0 Å². The first kappa shape index (κ1) is 24.6. The number of likely N-dealkylation sites (tertiary alicyclic amines) is 1. The van der Waals surface area contributed by atoms with E-state index in [2.05, 4.69) is 71.3 Å². The van der Waals surface area contributed by atoms with Crippen LogP contribution >= 0.6 is 0 Å². The molecule has 1 aliphatic heterocycles. The first-order valence-corrected chi connectivity index (χ1v) is 10.1. The van der Waals surface area contributed by atoms with Gasteiger partial charge in [-0.3, -0.25) is 0 Å². The third kappa shape index (κ3) is 7.86. The molecular formula is C24H41NO. The number of aldehydes is 1. The zero-order chi connectivity index (χ0) is 20.3. The Kier molecular flexibility index (Phi) is 11.4. The SMILES string of the molecule is C=C(C)Cc1cc(C)ccc1C.CC.CC(C)C1(C=O)CCN(C)CC1. The predicted octanol–water partition coefficient (Wildman–Crippen LogP) is 6.00. The molecule has 1 saturated heterocycles. The Morgan fingerprint density at radius 2 is 1.77 bits per heavy atom. The summed E-state index contributed by atoms with van der Waals surface area (Å²) in [5.41, 5.74) is 5.30. The number of aryl methyl sites for hydroxylation is 2. The fourth-order valence-electron chi connectivity index (χ4n) is 3.18. The normalized spacial score (nSPS) is 16.0. The number of rotatable bonds is 4. The lowest BCUT2D eigenvalue weighted by Gasteiger charge is -2.39. The van der Waals surface area contributed by atoms with Crippen LogP contribution in [0.15, 0.2) is 30.4 Å². The van der Waals surface area contributed by atoms with E-state index in [0.29, 0.717) is 5.92 Å². The fraction of sp³-hybridized carbons (Fsp3) is 0.625. The van der Waals surface area contributed by atoms with Gasteiger partial charge in [-0.25, -0.2) is 0 Å². The summed E-state index contributed by atoms with van der Waals surface area (Å²) in [4.78, 5) is 13.3. The molecule has 0 aliphatic carbocycles. The lowest BCUT2D eigenvalue weighted by molar-refractivity contribution is -0.121. The van der Waals surface area contributed by atoms with Gasteiger partial charge < -0.3 is 9.69 Å². The molecular weight excluding hydrogens is 318 g/mol. The Labute approximate surface area is 162 Å². The van der Waals surface area contributed by atoms with Crippen molar-refractivity contribution >= 4 is 6.29 Å². The van der Waals surface area contributed by atoms with Crippen LogP contribution in [0.25, 0.3) is 0 Å². The van der Waals surface area contributed by atoms with Crippen LogP contribution in [0.4, 0.5) is 0 Å². The Balaban J connectivity index is 0.000000439. The molecule has 0 aromatic heterocycles. The van der Waals surface area contributed by atoms with E-state index in [-0.39, 0.29) is 5.41 Å². The number of piperidine rings is 1. The van der Waals surface area contributed by atoms with E-state index in [0.717, 1.165) is 32.4 Å². The van der Waals surface area contributed by atoms with Gasteiger partial charge in [-0.1, -0.05) is 63.6 Å². The number of nitrogens with zero attached hydrogens (tertiary/aromatic N) is 1. The van der Waals surface area contributed by atoms with Crippen molar-refractivity contribution in [2.45, 2.75) is 67.7 Å². The van der Waals surface area contributed by atoms with Crippen LogP contribution in [0.3, 0.4) is 0 Å². The van der Waals surface area contributed by atoms with Gasteiger partial charge in [-0.05, 0) is 77.2 Å². The van der Waals surface area contributed by atoms with Crippen LogP contribution in [0, 0.1) is 25.2 Å². The molecule has 1 aromatic rings. The van der Waals surface area contributed by atoms with E-state index in [4.69, 9.17) is 0 Å².